The van der Waals surface area contributed by atoms with Crippen molar-refractivity contribution in [1.82, 2.24) is 20.4 Å². The van der Waals surface area contributed by atoms with Crippen LogP contribution in [-0.2, 0) is 6.54 Å². The fourth-order valence-electron chi connectivity index (χ4n) is 1.62. The molecule has 0 bridgehead atoms. The van der Waals surface area contributed by atoms with E-state index >= 15 is 0 Å². The average Bonchev–Trinajstić information content (AvgIpc) is 2.87. The maximum absolute atomic E-state index is 4.53. The molecular formula is C13H26IN5. The monoisotopic (exact) mass is 379 g/mol. The Kier molecular flexibility index (Phi) is 11.7. The van der Waals surface area contributed by atoms with Crippen LogP contribution in [0.3, 0.4) is 0 Å². The lowest BCUT2D eigenvalue weighted by Crippen LogP contribution is -2.39. The summed E-state index contributed by atoms with van der Waals surface area (Å²) < 4.78 is 1.91. The van der Waals surface area contributed by atoms with Crippen LogP contribution in [0, 0.1) is 0 Å². The van der Waals surface area contributed by atoms with Gasteiger partial charge in [-0.3, -0.25) is 9.67 Å². The summed E-state index contributed by atoms with van der Waals surface area (Å²) in [6.45, 7) is 7.76. The van der Waals surface area contributed by atoms with Crippen molar-refractivity contribution in [1.29, 1.82) is 0 Å². The van der Waals surface area contributed by atoms with Crippen LogP contribution < -0.4 is 10.6 Å². The number of hydrogen-bond acceptors (Lipinski definition) is 2. The number of nitrogens with one attached hydrogen (secondary N) is 2. The van der Waals surface area contributed by atoms with Crippen LogP contribution in [0.1, 0.15) is 33.1 Å². The maximum Gasteiger partial charge on any atom is 0.191 e. The fraction of sp³-hybridized carbons (Fsp3) is 0.692. The molecule has 0 fully saturated rings. The summed E-state index contributed by atoms with van der Waals surface area (Å²) >= 11 is 0. The van der Waals surface area contributed by atoms with Gasteiger partial charge in [-0.1, -0.05) is 19.8 Å². The van der Waals surface area contributed by atoms with E-state index < -0.39 is 0 Å². The molecule has 0 aliphatic carbocycles. The molecule has 1 rings (SSSR count). The Morgan fingerprint density at radius 2 is 2.11 bits per heavy atom. The Morgan fingerprint density at radius 3 is 2.74 bits per heavy atom. The molecule has 0 aliphatic rings. The van der Waals surface area contributed by atoms with Gasteiger partial charge in [0, 0.05) is 32.0 Å². The molecule has 0 amide bonds. The van der Waals surface area contributed by atoms with Crippen molar-refractivity contribution in [2.45, 2.75) is 39.7 Å². The van der Waals surface area contributed by atoms with Gasteiger partial charge in [0.15, 0.2) is 5.96 Å². The van der Waals surface area contributed by atoms with Crippen molar-refractivity contribution >= 4 is 29.9 Å². The van der Waals surface area contributed by atoms with E-state index in [4.69, 9.17) is 0 Å². The van der Waals surface area contributed by atoms with Gasteiger partial charge in [-0.15, -0.1) is 24.0 Å². The minimum absolute atomic E-state index is 0. The summed E-state index contributed by atoms with van der Waals surface area (Å²) in [5.41, 5.74) is 0. The molecule has 5 nitrogen and oxygen atoms in total. The minimum Gasteiger partial charge on any atom is -0.357 e. The van der Waals surface area contributed by atoms with Gasteiger partial charge < -0.3 is 10.6 Å². The quantitative estimate of drug-likeness (QED) is 0.315. The predicted molar refractivity (Wildman–Crippen MR) is 91.1 cm³/mol. The highest BCUT2D eigenvalue weighted by atomic mass is 127. The van der Waals surface area contributed by atoms with Gasteiger partial charge in [0.25, 0.3) is 0 Å². The lowest BCUT2D eigenvalue weighted by Gasteiger charge is -2.11. The predicted octanol–water partition coefficient (Wildman–Crippen LogP) is 2.25. The largest absolute Gasteiger partial charge is 0.357 e. The van der Waals surface area contributed by atoms with Crippen LogP contribution in [0.25, 0.3) is 0 Å². The second kappa shape index (κ2) is 12.3. The smallest absolute Gasteiger partial charge is 0.191 e. The van der Waals surface area contributed by atoms with Crippen LogP contribution >= 0.6 is 24.0 Å². The molecule has 0 radical (unpaired) electrons. The third-order valence-corrected chi connectivity index (χ3v) is 2.57. The highest BCUT2D eigenvalue weighted by Gasteiger charge is 1.96. The lowest BCUT2D eigenvalue weighted by atomic mass is 10.2. The minimum atomic E-state index is 0. The molecule has 1 heterocycles. The second-order valence-corrected chi connectivity index (χ2v) is 4.16. The number of aromatic nitrogens is 2. The Labute approximate surface area is 133 Å². The Hall–Kier alpha value is -0.790. The topological polar surface area (TPSA) is 54.2 Å². The molecule has 0 atom stereocenters. The van der Waals surface area contributed by atoms with Crippen LogP contribution in [0.5, 0.6) is 0 Å². The fourth-order valence-corrected chi connectivity index (χ4v) is 1.62. The summed E-state index contributed by atoms with van der Waals surface area (Å²) in [7, 11) is 0. The third kappa shape index (κ3) is 8.85. The summed E-state index contributed by atoms with van der Waals surface area (Å²) in [6, 6.07) is 1.93. The Bertz CT molecular complexity index is 324. The number of unbranched alkanes of at least 4 members (excludes halogenated alkanes) is 2. The van der Waals surface area contributed by atoms with E-state index in [-0.39, 0.29) is 24.0 Å². The number of rotatable bonds is 8. The second-order valence-electron chi connectivity index (χ2n) is 4.16. The van der Waals surface area contributed by atoms with E-state index in [2.05, 4.69) is 34.6 Å². The summed E-state index contributed by atoms with van der Waals surface area (Å²) in [5, 5.41) is 10.7. The summed E-state index contributed by atoms with van der Waals surface area (Å²) in [4.78, 5) is 4.53. The number of halogens is 1. The number of nitrogens with zero attached hydrogens (tertiary/aromatic N) is 3. The van der Waals surface area contributed by atoms with Crippen molar-refractivity contribution < 1.29 is 0 Å². The van der Waals surface area contributed by atoms with Crippen molar-refractivity contribution in [3.63, 3.8) is 0 Å². The molecule has 0 aromatic carbocycles. The molecule has 0 spiro atoms. The SMILES string of the molecule is CCCCCN=C(NCC)NCCn1cccn1.I. The van der Waals surface area contributed by atoms with Crippen LogP contribution in [0.2, 0.25) is 0 Å². The lowest BCUT2D eigenvalue weighted by molar-refractivity contribution is 0.597. The molecule has 1 aromatic rings. The first-order chi connectivity index (χ1) is 8.86. The molecule has 0 aliphatic heterocycles. The molecule has 6 heteroatoms. The normalized spacial score (nSPS) is 10.9. The highest BCUT2D eigenvalue weighted by Crippen LogP contribution is 1.93. The summed E-state index contributed by atoms with van der Waals surface area (Å²) in [6.07, 6.45) is 7.40. The van der Waals surface area contributed by atoms with Gasteiger partial charge in [-0.05, 0) is 19.4 Å². The van der Waals surface area contributed by atoms with Crippen molar-refractivity contribution in [3.05, 3.63) is 18.5 Å². The van der Waals surface area contributed by atoms with E-state index in [0.29, 0.717) is 0 Å². The molecule has 110 valence electrons. The van der Waals surface area contributed by atoms with Crippen LogP contribution in [-0.4, -0.2) is 35.4 Å². The zero-order valence-electron chi connectivity index (χ0n) is 11.9. The third-order valence-electron chi connectivity index (χ3n) is 2.57. The maximum atomic E-state index is 4.53. The molecule has 1 aromatic heterocycles. The van der Waals surface area contributed by atoms with E-state index in [1.54, 1.807) is 6.20 Å². The van der Waals surface area contributed by atoms with Gasteiger partial charge in [0.1, 0.15) is 0 Å². The van der Waals surface area contributed by atoms with Gasteiger partial charge >= 0.3 is 0 Å². The first-order valence-corrected chi connectivity index (χ1v) is 6.86. The van der Waals surface area contributed by atoms with Crippen molar-refractivity contribution in [2.75, 3.05) is 19.6 Å². The molecule has 19 heavy (non-hydrogen) atoms. The van der Waals surface area contributed by atoms with Gasteiger partial charge in [0.2, 0.25) is 0 Å². The summed E-state index contributed by atoms with van der Waals surface area (Å²) in [5.74, 6) is 0.903. The zero-order chi connectivity index (χ0) is 13.1. The van der Waals surface area contributed by atoms with Gasteiger partial charge in [-0.25, -0.2) is 0 Å². The Balaban J connectivity index is 0.00000324. The molecule has 0 saturated heterocycles. The van der Waals surface area contributed by atoms with Crippen LogP contribution in [0.4, 0.5) is 0 Å². The Morgan fingerprint density at radius 1 is 1.26 bits per heavy atom. The standard InChI is InChI=1S/C13H25N5.HI/c1-3-5-6-8-15-13(14-4-2)16-10-12-18-11-7-9-17-18;/h7,9,11H,3-6,8,10,12H2,1-2H3,(H2,14,15,16);1H. The molecule has 0 saturated carbocycles. The van der Waals surface area contributed by atoms with E-state index in [1.807, 2.05) is 16.9 Å². The van der Waals surface area contributed by atoms with Crippen molar-refractivity contribution in [2.24, 2.45) is 4.99 Å². The average molecular weight is 379 g/mol. The molecular weight excluding hydrogens is 353 g/mol. The highest BCUT2D eigenvalue weighted by molar-refractivity contribution is 14.0. The van der Waals surface area contributed by atoms with E-state index in [9.17, 15) is 0 Å². The van der Waals surface area contributed by atoms with E-state index in [0.717, 1.165) is 38.6 Å². The van der Waals surface area contributed by atoms with Gasteiger partial charge in [-0.2, -0.15) is 5.10 Å². The van der Waals surface area contributed by atoms with E-state index in [1.165, 1.54) is 12.8 Å². The first kappa shape index (κ1) is 18.2. The first-order valence-electron chi connectivity index (χ1n) is 6.86. The molecule has 2 N–H and O–H groups in total. The van der Waals surface area contributed by atoms with Gasteiger partial charge in [0.05, 0.1) is 6.54 Å². The number of guanidine groups is 1. The van der Waals surface area contributed by atoms with Crippen LogP contribution in [0.15, 0.2) is 23.5 Å². The number of aliphatic imine (C=N–C) groups is 1. The zero-order valence-corrected chi connectivity index (χ0v) is 14.3. The number of hydrogen-bond donors (Lipinski definition) is 2. The van der Waals surface area contributed by atoms with Crippen molar-refractivity contribution in [3.8, 4) is 0 Å². The molecule has 0 unspecified atom stereocenters.